The zero-order chi connectivity index (χ0) is 15.7. The Morgan fingerprint density at radius 1 is 1.32 bits per heavy atom. The van der Waals surface area contributed by atoms with Gasteiger partial charge in [-0.2, -0.15) is 0 Å². The molecule has 0 saturated carbocycles. The topological polar surface area (TPSA) is 46.9 Å². The van der Waals surface area contributed by atoms with Crippen LogP contribution in [0.2, 0.25) is 0 Å². The van der Waals surface area contributed by atoms with Crippen molar-refractivity contribution >= 4 is 27.5 Å². The van der Waals surface area contributed by atoms with Crippen molar-refractivity contribution in [1.29, 1.82) is 0 Å². The molecule has 120 valence electrons. The first-order valence-corrected chi connectivity index (χ1v) is 9.29. The highest BCUT2D eigenvalue weighted by molar-refractivity contribution is 7.18. The molecule has 1 aliphatic carbocycles. The van der Waals surface area contributed by atoms with Gasteiger partial charge in [-0.15, -0.1) is 11.3 Å². The third-order valence-corrected chi connectivity index (χ3v) is 5.70. The van der Waals surface area contributed by atoms with Crippen molar-refractivity contribution in [1.82, 2.24) is 9.55 Å². The van der Waals surface area contributed by atoms with Crippen molar-refractivity contribution in [2.24, 2.45) is 0 Å². The highest BCUT2D eigenvalue weighted by atomic mass is 32.1. The molecule has 1 N–H and O–H groups in total. The molecule has 2 heterocycles. The number of fused-ring (bicyclic) bond motifs is 3. The van der Waals surface area contributed by atoms with E-state index in [1.54, 1.807) is 11.3 Å². The summed E-state index contributed by atoms with van der Waals surface area (Å²) in [7, 11) is 0. The van der Waals surface area contributed by atoms with Crippen LogP contribution in [0, 0.1) is 0 Å². The summed E-state index contributed by atoms with van der Waals surface area (Å²) in [5.41, 5.74) is 1.43. The number of thiophene rings is 1. The Kier molecular flexibility index (Phi) is 4.52. The number of nitrogens with one attached hydrogen (secondary N) is 1. The highest BCUT2D eigenvalue weighted by Crippen LogP contribution is 2.34. The second-order valence-electron chi connectivity index (χ2n) is 6.24. The van der Waals surface area contributed by atoms with E-state index in [2.05, 4.69) is 26.1 Å². The lowest BCUT2D eigenvalue weighted by atomic mass is 9.97. The first kappa shape index (κ1) is 15.5. The predicted octanol–water partition coefficient (Wildman–Crippen LogP) is 3.96. The van der Waals surface area contributed by atoms with Gasteiger partial charge in [0.05, 0.1) is 5.39 Å². The van der Waals surface area contributed by atoms with E-state index in [1.165, 1.54) is 23.3 Å². The molecule has 0 amide bonds. The molecule has 22 heavy (non-hydrogen) atoms. The minimum Gasteiger partial charge on any atom is -0.353 e. The minimum atomic E-state index is 0.150. The molecule has 2 aromatic heterocycles. The molecule has 1 atom stereocenters. The summed E-state index contributed by atoms with van der Waals surface area (Å²) in [4.78, 5) is 20.2. The number of hydrogen-bond donors (Lipinski definition) is 1. The van der Waals surface area contributed by atoms with Gasteiger partial charge in [-0.25, -0.2) is 4.98 Å². The van der Waals surface area contributed by atoms with Gasteiger partial charge in [-0.3, -0.25) is 9.36 Å². The van der Waals surface area contributed by atoms with Crippen molar-refractivity contribution in [3.05, 3.63) is 20.8 Å². The van der Waals surface area contributed by atoms with E-state index in [1.807, 2.05) is 4.57 Å². The normalized spacial score (nSPS) is 15.8. The third kappa shape index (κ3) is 2.67. The Balaban J connectivity index is 2.19. The first-order valence-electron chi connectivity index (χ1n) is 8.47. The molecule has 2 aromatic rings. The van der Waals surface area contributed by atoms with E-state index >= 15 is 0 Å². The van der Waals surface area contributed by atoms with Crippen LogP contribution >= 0.6 is 11.3 Å². The van der Waals surface area contributed by atoms with Crippen LogP contribution in [0.1, 0.15) is 56.9 Å². The number of aryl methyl sites for hydroxylation is 2. The van der Waals surface area contributed by atoms with Crippen LogP contribution in [0.15, 0.2) is 4.79 Å². The molecule has 0 spiro atoms. The largest absolute Gasteiger partial charge is 0.353 e. The summed E-state index contributed by atoms with van der Waals surface area (Å²) in [5, 5.41) is 4.31. The SMILES string of the molecule is CCCn1c(NC(C)CC)nc2sc3c(c2c1=O)CCCC3. The Labute approximate surface area is 135 Å². The Morgan fingerprint density at radius 2 is 2.09 bits per heavy atom. The van der Waals surface area contributed by atoms with Crippen molar-refractivity contribution in [2.45, 2.75) is 71.9 Å². The van der Waals surface area contributed by atoms with Crippen LogP contribution in [0.4, 0.5) is 5.95 Å². The van der Waals surface area contributed by atoms with Crippen LogP contribution in [0.25, 0.3) is 10.2 Å². The van der Waals surface area contributed by atoms with Gasteiger partial charge in [0.25, 0.3) is 5.56 Å². The monoisotopic (exact) mass is 319 g/mol. The van der Waals surface area contributed by atoms with E-state index in [-0.39, 0.29) is 5.56 Å². The lowest BCUT2D eigenvalue weighted by Crippen LogP contribution is -2.28. The Hall–Kier alpha value is -1.36. The fourth-order valence-electron chi connectivity index (χ4n) is 3.10. The molecule has 4 nitrogen and oxygen atoms in total. The van der Waals surface area contributed by atoms with E-state index in [0.717, 1.165) is 48.4 Å². The molecule has 1 unspecified atom stereocenters. The number of hydrogen-bond acceptors (Lipinski definition) is 4. The molecule has 5 heteroatoms. The van der Waals surface area contributed by atoms with E-state index in [9.17, 15) is 4.79 Å². The minimum absolute atomic E-state index is 0.150. The molecule has 0 fully saturated rings. The number of aromatic nitrogens is 2. The average molecular weight is 319 g/mol. The smallest absolute Gasteiger partial charge is 0.263 e. The van der Waals surface area contributed by atoms with Crippen LogP contribution in [-0.4, -0.2) is 15.6 Å². The van der Waals surface area contributed by atoms with Crippen molar-refractivity contribution < 1.29 is 0 Å². The van der Waals surface area contributed by atoms with Gasteiger partial charge in [0.15, 0.2) is 0 Å². The maximum Gasteiger partial charge on any atom is 0.263 e. The molecule has 0 aliphatic heterocycles. The van der Waals surface area contributed by atoms with Gasteiger partial charge in [0.2, 0.25) is 5.95 Å². The average Bonchev–Trinajstić information content (AvgIpc) is 2.89. The van der Waals surface area contributed by atoms with Crippen LogP contribution in [0.5, 0.6) is 0 Å². The maximum atomic E-state index is 13.0. The third-order valence-electron chi connectivity index (χ3n) is 4.51. The van der Waals surface area contributed by atoms with Gasteiger partial charge in [0.1, 0.15) is 4.83 Å². The van der Waals surface area contributed by atoms with Gasteiger partial charge in [-0.05, 0) is 51.0 Å². The number of nitrogens with zero attached hydrogens (tertiary/aromatic N) is 2. The van der Waals surface area contributed by atoms with Crippen LogP contribution < -0.4 is 10.9 Å². The summed E-state index contributed by atoms with van der Waals surface area (Å²) >= 11 is 1.73. The molecular weight excluding hydrogens is 294 g/mol. The highest BCUT2D eigenvalue weighted by Gasteiger charge is 2.22. The fraction of sp³-hybridized carbons (Fsp3) is 0.647. The lowest BCUT2D eigenvalue weighted by Gasteiger charge is -2.17. The van der Waals surface area contributed by atoms with Crippen molar-refractivity contribution in [3.8, 4) is 0 Å². The zero-order valence-electron chi connectivity index (χ0n) is 13.7. The van der Waals surface area contributed by atoms with Gasteiger partial charge in [-0.1, -0.05) is 13.8 Å². The second kappa shape index (κ2) is 6.41. The molecule has 0 bridgehead atoms. The number of anilines is 1. The lowest BCUT2D eigenvalue weighted by molar-refractivity contribution is 0.638. The summed E-state index contributed by atoms with van der Waals surface area (Å²) in [6.07, 6.45) is 6.53. The molecule has 0 radical (unpaired) electrons. The summed E-state index contributed by atoms with van der Waals surface area (Å²) in [5.74, 6) is 0.743. The summed E-state index contributed by atoms with van der Waals surface area (Å²) in [6.45, 7) is 7.10. The zero-order valence-corrected chi connectivity index (χ0v) is 14.6. The predicted molar refractivity (Wildman–Crippen MR) is 94.2 cm³/mol. The van der Waals surface area contributed by atoms with Crippen molar-refractivity contribution in [2.75, 3.05) is 5.32 Å². The van der Waals surface area contributed by atoms with Crippen molar-refractivity contribution in [3.63, 3.8) is 0 Å². The standard InChI is InChI=1S/C17H25N3OS/c1-4-10-20-16(21)14-12-8-6-7-9-13(12)22-15(14)19-17(20)18-11(3)5-2/h11H,4-10H2,1-3H3,(H,18,19). The molecule has 1 aliphatic rings. The molecule has 0 saturated heterocycles. The molecule has 3 rings (SSSR count). The van der Waals surface area contributed by atoms with Crippen LogP contribution in [-0.2, 0) is 19.4 Å². The second-order valence-corrected chi connectivity index (χ2v) is 7.32. The van der Waals surface area contributed by atoms with Gasteiger partial charge < -0.3 is 5.32 Å². The molecular formula is C17H25N3OS. The fourth-order valence-corrected chi connectivity index (χ4v) is 4.35. The Bertz CT molecular complexity index is 732. The Morgan fingerprint density at radius 3 is 2.82 bits per heavy atom. The summed E-state index contributed by atoms with van der Waals surface area (Å²) < 4.78 is 1.84. The van der Waals surface area contributed by atoms with E-state index in [4.69, 9.17) is 4.98 Å². The van der Waals surface area contributed by atoms with E-state index in [0.29, 0.717) is 6.04 Å². The summed E-state index contributed by atoms with van der Waals surface area (Å²) in [6, 6.07) is 0.321. The van der Waals surface area contributed by atoms with Gasteiger partial charge >= 0.3 is 0 Å². The van der Waals surface area contributed by atoms with Gasteiger partial charge in [0, 0.05) is 17.5 Å². The van der Waals surface area contributed by atoms with Crippen LogP contribution in [0.3, 0.4) is 0 Å². The number of rotatable bonds is 5. The van der Waals surface area contributed by atoms with E-state index < -0.39 is 0 Å². The molecule has 0 aromatic carbocycles. The maximum absolute atomic E-state index is 13.0. The quantitative estimate of drug-likeness (QED) is 0.907. The first-order chi connectivity index (χ1) is 10.7.